The Labute approximate surface area is 301 Å². The molecule has 2 atom stereocenters. The van der Waals surface area contributed by atoms with E-state index in [1.165, 1.54) is 11.1 Å². The van der Waals surface area contributed by atoms with Crippen LogP contribution in [0.3, 0.4) is 0 Å². The van der Waals surface area contributed by atoms with Crippen LogP contribution in [0.2, 0.25) is 5.02 Å². The number of benzene rings is 4. The fourth-order valence-corrected chi connectivity index (χ4v) is 7.45. The van der Waals surface area contributed by atoms with Crippen molar-refractivity contribution in [3.8, 4) is 11.1 Å². The minimum Gasteiger partial charge on any atom is -0.326 e. The molecule has 262 valence electrons. The van der Waals surface area contributed by atoms with Gasteiger partial charge in [0.15, 0.2) is 5.78 Å². The lowest BCUT2D eigenvalue weighted by Gasteiger charge is -2.33. The number of amides is 1. The van der Waals surface area contributed by atoms with Crippen molar-refractivity contribution >= 4 is 44.7 Å². The summed E-state index contributed by atoms with van der Waals surface area (Å²) in [5, 5.41) is 3.82. The molecule has 1 aliphatic rings. The zero-order chi connectivity index (χ0) is 36.1. The van der Waals surface area contributed by atoms with Crippen molar-refractivity contribution < 1.29 is 22.6 Å². The Morgan fingerprint density at radius 3 is 2.16 bits per heavy atom. The Bertz CT molecular complexity index is 1960. The number of Topliss-reactive ketones (excluding diaryl/α,β-unsaturated/α-hetero) is 1. The molecule has 8 heteroatoms. The summed E-state index contributed by atoms with van der Waals surface area (Å²) in [6.45, 7) is 8.95. The minimum atomic E-state index is -4.11. The molecule has 4 aromatic carbocycles. The number of nitrogens with one attached hydrogen (secondary N) is 1. The predicted molar refractivity (Wildman–Crippen MR) is 204 cm³/mol. The van der Waals surface area contributed by atoms with Gasteiger partial charge in [-0.1, -0.05) is 105 Å². The molecule has 1 amide bonds. The molecule has 6 nitrogen and oxygen atoms in total. The Kier molecular flexibility index (Phi) is 11.8. The number of ketones is 1. The summed E-state index contributed by atoms with van der Waals surface area (Å²) < 4.78 is 31.0. The van der Waals surface area contributed by atoms with Crippen LogP contribution >= 0.6 is 11.6 Å². The van der Waals surface area contributed by atoms with Crippen molar-refractivity contribution in [1.82, 2.24) is 0 Å². The third-order valence-electron chi connectivity index (χ3n) is 9.81. The monoisotopic (exact) mass is 711 g/mol. The molecule has 0 spiro atoms. The lowest BCUT2D eigenvalue weighted by Crippen LogP contribution is -2.23. The molecule has 50 heavy (non-hydrogen) atoms. The van der Waals surface area contributed by atoms with Crippen LogP contribution in [0.4, 0.5) is 5.69 Å². The molecule has 0 fully saturated rings. The van der Waals surface area contributed by atoms with E-state index in [4.69, 9.17) is 16.2 Å². The van der Waals surface area contributed by atoms with Crippen LogP contribution in [0.15, 0.2) is 97.1 Å². The van der Waals surface area contributed by atoms with Gasteiger partial charge in [0.05, 0.1) is 11.7 Å². The van der Waals surface area contributed by atoms with Gasteiger partial charge < -0.3 is 5.32 Å². The summed E-state index contributed by atoms with van der Waals surface area (Å²) in [6.07, 6.45) is 6.13. The highest BCUT2D eigenvalue weighted by Crippen LogP contribution is 2.40. The van der Waals surface area contributed by atoms with E-state index in [0.29, 0.717) is 28.6 Å². The van der Waals surface area contributed by atoms with Crippen LogP contribution < -0.4 is 5.32 Å². The number of rotatable bonds is 12. The topological polar surface area (TPSA) is 101 Å². The van der Waals surface area contributed by atoms with E-state index < -0.39 is 21.8 Å². The number of aryl methyl sites for hydroxylation is 1. The summed E-state index contributed by atoms with van der Waals surface area (Å²) in [5.41, 5.74) is 8.94. The second-order valence-corrected chi connectivity index (χ2v) is 16.5. The second-order valence-electron chi connectivity index (χ2n) is 14.5. The standard InChI is InChI=1S/C42H46ClNO5S/c1-28-26-36(43)21-24-38(28)32-17-22-37(23-18-32)44-41(46)39(27-29-7-9-34(10-8-29)40(45)6-5-25-50(47,48)49)33-13-11-30(12-14-33)31-15-19-35(20-16-31)42(2,3)4/h7-15,17-18,21-24,26,35,39H,5-6,16,19-20,25,27H2,1-4H3,(H,44,46)(H,47,48,49)/t35-,39-/m0/s1. The number of carbonyl (C=O) groups is 2. The zero-order valence-corrected chi connectivity index (χ0v) is 30.8. The van der Waals surface area contributed by atoms with Crippen LogP contribution in [-0.2, 0) is 21.3 Å². The van der Waals surface area contributed by atoms with Crippen molar-refractivity contribution in [2.75, 3.05) is 11.1 Å². The van der Waals surface area contributed by atoms with Gasteiger partial charge in [-0.25, -0.2) is 0 Å². The first-order valence-electron chi connectivity index (χ1n) is 17.2. The van der Waals surface area contributed by atoms with E-state index in [0.717, 1.165) is 47.1 Å². The third kappa shape index (κ3) is 10.0. The van der Waals surface area contributed by atoms with Crippen LogP contribution in [0, 0.1) is 18.3 Å². The van der Waals surface area contributed by atoms with E-state index in [1.54, 1.807) is 12.1 Å². The number of halogens is 1. The molecule has 0 saturated carbocycles. The van der Waals surface area contributed by atoms with Gasteiger partial charge in [0.2, 0.25) is 5.91 Å². The summed E-state index contributed by atoms with van der Waals surface area (Å²) in [5.74, 6) is -0.619. The van der Waals surface area contributed by atoms with E-state index in [9.17, 15) is 18.0 Å². The zero-order valence-electron chi connectivity index (χ0n) is 29.2. The van der Waals surface area contributed by atoms with E-state index in [-0.39, 0.29) is 29.9 Å². The lowest BCUT2D eigenvalue weighted by molar-refractivity contribution is -0.117. The molecule has 5 rings (SSSR count). The normalized spacial score (nSPS) is 15.6. The molecule has 0 aromatic heterocycles. The van der Waals surface area contributed by atoms with Gasteiger partial charge >= 0.3 is 0 Å². The molecule has 0 aliphatic heterocycles. The molecular weight excluding hydrogens is 666 g/mol. The fraction of sp³-hybridized carbons (Fsp3) is 0.333. The molecule has 0 unspecified atom stereocenters. The Hall–Kier alpha value is -4.04. The van der Waals surface area contributed by atoms with E-state index in [2.05, 4.69) is 56.4 Å². The maximum Gasteiger partial charge on any atom is 0.264 e. The molecular formula is C42H46ClNO5S. The SMILES string of the molecule is Cc1cc(Cl)ccc1-c1ccc(NC(=O)[C@@H](Cc2ccc(C(=O)CCCS(=O)(=O)O)cc2)c2ccc(C3=CC[C@H](C(C)(C)C)CC3)cc2)cc1. The first-order valence-corrected chi connectivity index (χ1v) is 19.2. The predicted octanol–water partition coefficient (Wildman–Crippen LogP) is 10.4. The van der Waals surface area contributed by atoms with Crippen LogP contribution in [0.5, 0.6) is 0 Å². The van der Waals surface area contributed by atoms with Gasteiger partial charge in [0, 0.05) is 22.7 Å². The van der Waals surface area contributed by atoms with Gasteiger partial charge in [0.25, 0.3) is 10.1 Å². The second kappa shape index (κ2) is 15.9. The quantitative estimate of drug-likeness (QED) is 0.113. The van der Waals surface area contributed by atoms with Crippen molar-refractivity contribution in [1.29, 1.82) is 0 Å². The molecule has 4 aromatic rings. The van der Waals surface area contributed by atoms with Crippen LogP contribution in [0.1, 0.15) is 91.4 Å². The first-order chi connectivity index (χ1) is 23.7. The Morgan fingerprint density at radius 2 is 1.58 bits per heavy atom. The van der Waals surface area contributed by atoms with Gasteiger partial charge in [-0.2, -0.15) is 8.42 Å². The summed E-state index contributed by atoms with van der Waals surface area (Å²) >= 11 is 6.16. The number of carbonyl (C=O) groups excluding carboxylic acids is 2. The van der Waals surface area contributed by atoms with Crippen LogP contribution in [0.25, 0.3) is 16.7 Å². The number of hydrogen-bond donors (Lipinski definition) is 2. The van der Waals surface area contributed by atoms with Crippen LogP contribution in [-0.4, -0.2) is 30.4 Å². The van der Waals surface area contributed by atoms with Crippen molar-refractivity contribution in [2.45, 2.75) is 72.1 Å². The van der Waals surface area contributed by atoms with Gasteiger partial charge in [-0.15, -0.1) is 0 Å². The average molecular weight is 712 g/mol. The van der Waals surface area contributed by atoms with Gasteiger partial charge in [-0.3, -0.25) is 14.1 Å². The molecule has 0 saturated heterocycles. The number of allylic oxidation sites excluding steroid dienone is 2. The van der Waals surface area contributed by atoms with E-state index in [1.807, 2.05) is 61.5 Å². The molecule has 0 bridgehead atoms. The first kappa shape index (κ1) is 37.2. The maximum absolute atomic E-state index is 14.0. The highest BCUT2D eigenvalue weighted by Gasteiger charge is 2.27. The van der Waals surface area contributed by atoms with Gasteiger partial charge in [-0.05, 0) is 114 Å². The average Bonchev–Trinajstić information content (AvgIpc) is 3.07. The highest BCUT2D eigenvalue weighted by molar-refractivity contribution is 7.85. The lowest BCUT2D eigenvalue weighted by atomic mass is 9.72. The largest absolute Gasteiger partial charge is 0.326 e. The third-order valence-corrected chi connectivity index (χ3v) is 10.8. The van der Waals surface area contributed by atoms with Gasteiger partial charge in [0.1, 0.15) is 0 Å². The molecule has 2 N–H and O–H groups in total. The van der Waals surface area contributed by atoms with E-state index >= 15 is 0 Å². The summed E-state index contributed by atoms with van der Waals surface area (Å²) in [6, 6.07) is 29.0. The number of anilines is 1. The molecule has 1 aliphatic carbocycles. The van der Waals surface area contributed by atoms with Crippen molar-refractivity contribution in [3.05, 3.63) is 130 Å². The molecule has 0 radical (unpaired) electrons. The Morgan fingerprint density at radius 1 is 0.920 bits per heavy atom. The summed E-state index contributed by atoms with van der Waals surface area (Å²) in [4.78, 5) is 26.6. The molecule has 0 heterocycles. The smallest absolute Gasteiger partial charge is 0.264 e. The highest BCUT2D eigenvalue weighted by atomic mass is 35.5. The Balaban J connectivity index is 1.35. The fourth-order valence-electron chi connectivity index (χ4n) is 6.71. The minimum absolute atomic E-state index is 0.0141. The number of hydrogen-bond acceptors (Lipinski definition) is 4. The van der Waals surface area contributed by atoms with Crippen molar-refractivity contribution in [3.63, 3.8) is 0 Å². The maximum atomic E-state index is 14.0. The summed E-state index contributed by atoms with van der Waals surface area (Å²) in [7, 11) is -4.11. The van der Waals surface area contributed by atoms with Crippen molar-refractivity contribution in [2.24, 2.45) is 11.3 Å².